The lowest BCUT2D eigenvalue weighted by Crippen LogP contribution is -2.54. The number of para-hydroxylation sites is 1. The van der Waals surface area contributed by atoms with Crippen molar-refractivity contribution in [2.24, 2.45) is 0 Å². The van der Waals surface area contributed by atoms with Crippen molar-refractivity contribution in [3.8, 4) is 17.2 Å². The summed E-state index contributed by atoms with van der Waals surface area (Å²) in [6.45, 7) is 1.57. The fraction of sp³-hybridized carbons (Fsp3) is 0.414. The number of ether oxygens (including phenoxy) is 3. The maximum atomic E-state index is 13.6. The highest BCUT2D eigenvalue weighted by molar-refractivity contribution is 14.1. The van der Waals surface area contributed by atoms with Gasteiger partial charge in [-0.1, -0.05) is 18.2 Å². The highest BCUT2D eigenvalue weighted by Gasteiger charge is 2.40. The number of halogens is 1. The second-order valence-corrected chi connectivity index (χ2v) is 10.9. The number of benzene rings is 2. The summed E-state index contributed by atoms with van der Waals surface area (Å²) in [7, 11) is 0. The largest absolute Gasteiger partial charge is 0.482 e. The van der Waals surface area contributed by atoms with Gasteiger partial charge in [-0.3, -0.25) is 9.59 Å². The van der Waals surface area contributed by atoms with Crippen LogP contribution in [0.1, 0.15) is 38.2 Å². The van der Waals surface area contributed by atoms with Gasteiger partial charge in [0, 0.05) is 37.9 Å². The van der Waals surface area contributed by atoms with Gasteiger partial charge in [0.05, 0.1) is 16.2 Å². The maximum absolute atomic E-state index is 13.6. The van der Waals surface area contributed by atoms with Crippen LogP contribution in [0, 0.1) is 3.57 Å². The third kappa shape index (κ3) is 7.52. The molecule has 0 saturated heterocycles. The Morgan fingerprint density at radius 3 is 2.65 bits per heavy atom. The summed E-state index contributed by atoms with van der Waals surface area (Å²) in [6, 6.07) is 11.9. The van der Waals surface area contributed by atoms with E-state index in [0.29, 0.717) is 29.2 Å². The van der Waals surface area contributed by atoms with E-state index in [1.54, 1.807) is 29.2 Å². The summed E-state index contributed by atoms with van der Waals surface area (Å²) in [5.74, 6) is 1.04. The lowest BCUT2D eigenvalue weighted by Gasteiger charge is -2.40. The lowest BCUT2D eigenvalue weighted by atomic mass is 9.87. The third-order valence-electron chi connectivity index (χ3n) is 6.74. The van der Waals surface area contributed by atoms with Crippen molar-refractivity contribution in [2.45, 2.75) is 57.4 Å². The molecule has 0 aromatic heterocycles. The number of nitrogens with zero attached hydrogens (tertiary/aromatic N) is 1. The zero-order valence-corrected chi connectivity index (χ0v) is 24.3. The fourth-order valence-corrected chi connectivity index (χ4v) is 5.24. The Morgan fingerprint density at radius 1 is 1.12 bits per heavy atom. The number of hydrogen-bond acceptors (Lipinski definition) is 8. The average Bonchev–Trinajstić information content (AvgIpc) is 3.40. The van der Waals surface area contributed by atoms with E-state index in [-0.39, 0.29) is 57.4 Å². The Morgan fingerprint density at radius 2 is 1.90 bits per heavy atom. The minimum atomic E-state index is -1.16. The van der Waals surface area contributed by atoms with E-state index in [2.05, 4.69) is 27.9 Å². The first-order valence-electron chi connectivity index (χ1n) is 13.1. The summed E-state index contributed by atoms with van der Waals surface area (Å²) in [6.07, 6.45) is 0.319. The number of fused-ring (bicyclic) bond motifs is 1. The molecule has 2 amide bonds. The SMILES string of the molecule is CC(=O)CCCC(=O)N(Cc1ccc2c(c1)OCO2)[C@@H]1CC(C(=O)NCCO)=C[C@H](Oc2ccccc2I)[C@H]1O. The van der Waals surface area contributed by atoms with Gasteiger partial charge in [0.25, 0.3) is 0 Å². The third-order valence-corrected chi connectivity index (χ3v) is 7.64. The van der Waals surface area contributed by atoms with Gasteiger partial charge in [0.15, 0.2) is 11.5 Å². The monoisotopic (exact) mass is 664 g/mol. The van der Waals surface area contributed by atoms with Crippen molar-refractivity contribution in [2.75, 3.05) is 19.9 Å². The average molecular weight is 664 g/mol. The van der Waals surface area contributed by atoms with Crippen LogP contribution >= 0.6 is 22.6 Å². The van der Waals surface area contributed by atoms with Crippen molar-refractivity contribution in [3.63, 3.8) is 0 Å². The number of carbonyl (C=O) groups is 3. The molecule has 0 saturated carbocycles. The summed E-state index contributed by atoms with van der Waals surface area (Å²) in [5, 5.41) is 23.4. The van der Waals surface area contributed by atoms with Crippen molar-refractivity contribution < 1.29 is 38.8 Å². The van der Waals surface area contributed by atoms with E-state index >= 15 is 0 Å². The molecular weight excluding hydrogens is 631 g/mol. The van der Waals surface area contributed by atoms with Crippen LogP contribution in [0.5, 0.6) is 17.2 Å². The molecular formula is C29H33IN2O8. The van der Waals surface area contributed by atoms with Gasteiger partial charge < -0.3 is 39.4 Å². The van der Waals surface area contributed by atoms with Crippen molar-refractivity contribution in [1.29, 1.82) is 0 Å². The molecule has 2 aliphatic rings. The standard InChI is InChI=1S/C29H33IN2O8/c1-18(34)5-4-8-27(35)32(16-19-9-10-24-25(13-19)39-17-38-24)22-14-20(29(37)31-11-12-33)15-26(28(22)36)40-23-7-3-2-6-21(23)30/h2-3,6-7,9-10,13,15,22,26,28,33,36H,4-5,8,11-12,14,16-17H2,1H3,(H,31,37)/t22-,26+,28+/m1/s1. The molecule has 0 spiro atoms. The van der Waals surface area contributed by atoms with Gasteiger partial charge in [-0.2, -0.15) is 0 Å². The molecule has 214 valence electrons. The Kier molecular flexibility index (Phi) is 10.4. The molecule has 0 fully saturated rings. The van der Waals surface area contributed by atoms with Gasteiger partial charge >= 0.3 is 0 Å². The number of amides is 2. The van der Waals surface area contributed by atoms with Crippen molar-refractivity contribution in [3.05, 3.63) is 63.2 Å². The van der Waals surface area contributed by atoms with Gasteiger partial charge in [-0.25, -0.2) is 0 Å². The molecule has 1 aliphatic heterocycles. The van der Waals surface area contributed by atoms with Crippen LogP contribution in [-0.4, -0.2) is 70.9 Å². The highest BCUT2D eigenvalue weighted by Crippen LogP contribution is 2.35. The second kappa shape index (κ2) is 14.0. The van der Waals surface area contributed by atoms with Crippen LogP contribution in [0.3, 0.4) is 0 Å². The molecule has 2 aromatic carbocycles. The predicted octanol–water partition coefficient (Wildman–Crippen LogP) is 2.72. The molecule has 3 atom stereocenters. The molecule has 2 aromatic rings. The quantitative estimate of drug-likeness (QED) is 0.295. The van der Waals surface area contributed by atoms with Gasteiger partial charge in [-0.15, -0.1) is 0 Å². The molecule has 1 aliphatic carbocycles. The minimum Gasteiger partial charge on any atom is -0.482 e. The summed E-state index contributed by atoms with van der Waals surface area (Å²) in [5.41, 5.74) is 1.10. The van der Waals surface area contributed by atoms with Crippen molar-refractivity contribution in [1.82, 2.24) is 10.2 Å². The molecule has 0 unspecified atom stereocenters. The Labute approximate surface area is 246 Å². The van der Waals surface area contributed by atoms with Crippen LogP contribution in [0.2, 0.25) is 0 Å². The minimum absolute atomic E-state index is 0.00970. The number of nitrogens with one attached hydrogen (secondary N) is 1. The molecule has 3 N–H and O–H groups in total. The second-order valence-electron chi connectivity index (χ2n) is 9.71. The summed E-state index contributed by atoms with van der Waals surface area (Å²) < 4.78 is 17.9. The molecule has 40 heavy (non-hydrogen) atoms. The zero-order valence-electron chi connectivity index (χ0n) is 22.2. The zero-order chi connectivity index (χ0) is 28.6. The topological polar surface area (TPSA) is 135 Å². The number of Topliss-reactive ketones (excluding diaryl/α,β-unsaturated/α-hetero) is 1. The van der Waals surface area contributed by atoms with Crippen LogP contribution in [0.15, 0.2) is 54.1 Å². The first-order valence-corrected chi connectivity index (χ1v) is 14.2. The molecule has 10 nitrogen and oxygen atoms in total. The van der Waals surface area contributed by atoms with Crippen LogP contribution in [0.4, 0.5) is 0 Å². The smallest absolute Gasteiger partial charge is 0.247 e. The Hall–Kier alpha value is -3.16. The molecule has 4 rings (SSSR count). The fourth-order valence-electron chi connectivity index (χ4n) is 4.73. The number of carbonyl (C=O) groups excluding carboxylic acids is 3. The number of aliphatic hydroxyl groups excluding tert-OH is 2. The summed E-state index contributed by atoms with van der Waals surface area (Å²) >= 11 is 2.13. The van der Waals surface area contributed by atoms with E-state index in [4.69, 9.17) is 14.2 Å². The summed E-state index contributed by atoms with van der Waals surface area (Å²) in [4.78, 5) is 39.7. The first-order chi connectivity index (χ1) is 19.3. The van der Waals surface area contributed by atoms with E-state index in [1.165, 1.54) is 6.92 Å². The van der Waals surface area contributed by atoms with Gasteiger partial charge in [0.1, 0.15) is 23.7 Å². The predicted molar refractivity (Wildman–Crippen MR) is 154 cm³/mol. The lowest BCUT2D eigenvalue weighted by molar-refractivity contribution is -0.139. The van der Waals surface area contributed by atoms with Crippen LogP contribution in [-0.2, 0) is 20.9 Å². The maximum Gasteiger partial charge on any atom is 0.247 e. The van der Waals surface area contributed by atoms with Gasteiger partial charge in [0.2, 0.25) is 18.6 Å². The number of rotatable bonds is 12. The van der Waals surface area contributed by atoms with Crippen LogP contribution in [0.25, 0.3) is 0 Å². The number of ketones is 1. The Balaban J connectivity index is 1.66. The van der Waals surface area contributed by atoms with Gasteiger partial charge in [-0.05, 0) is 71.8 Å². The van der Waals surface area contributed by atoms with Crippen molar-refractivity contribution >= 4 is 40.2 Å². The normalized spacial score (nSPS) is 19.5. The number of aliphatic hydroxyl groups is 2. The Bertz CT molecular complexity index is 1270. The molecule has 0 radical (unpaired) electrons. The number of hydrogen-bond donors (Lipinski definition) is 3. The van der Waals surface area contributed by atoms with E-state index in [0.717, 1.165) is 9.13 Å². The molecule has 11 heteroatoms. The molecule has 1 heterocycles. The highest BCUT2D eigenvalue weighted by atomic mass is 127. The van der Waals surface area contributed by atoms with Crippen LogP contribution < -0.4 is 19.5 Å². The first kappa shape index (κ1) is 29.8. The van der Waals surface area contributed by atoms with E-state index in [1.807, 2.05) is 24.3 Å². The van der Waals surface area contributed by atoms with E-state index < -0.39 is 24.2 Å². The van der Waals surface area contributed by atoms with E-state index in [9.17, 15) is 24.6 Å². The molecule has 0 bridgehead atoms.